The lowest BCUT2D eigenvalue weighted by Gasteiger charge is -2.33. The van der Waals surface area contributed by atoms with E-state index in [1.54, 1.807) is 23.5 Å². The molecule has 0 bridgehead atoms. The van der Waals surface area contributed by atoms with Crippen LogP contribution in [0.15, 0.2) is 46.8 Å². The maximum atomic E-state index is 11.8. The van der Waals surface area contributed by atoms with E-state index < -0.39 is 4.92 Å². The van der Waals surface area contributed by atoms with Gasteiger partial charge in [0.2, 0.25) is 0 Å². The van der Waals surface area contributed by atoms with Crippen molar-refractivity contribution in [2.24, 2.45) is 10.9 Å². The number of carbonyl (C=O) groups excluding carboxylic acids is 1. The fourth-order valence-electron chi connectivity index (χ4n) is 3.23. The van der Waals surface area contributed by atoms with Gasteiger partial charge in [-0.1, -0.05) is 18.2 Å². The molecule has 1 N–H and O–H groups in total. The van der Waals surface area contributed by atoms with Crippen LogP contribution in [-0.2, 0) is 22.6 Å². The molecule has 1 aliphatic heterocycles. The number of methoxy groups -OCH3 is 1. The molecule has 1 aromatic carbocycles. The maximum absolute atomic E-state index is 11.8. The molecule has 0 aliphatic carbocycles. The van der Waals surface area contributed by atoms with E-state index in [0.717, 1.165) is 37.5 Å². The number of piperidine rings is 1. The first kappa shape index (κ1) is 24.1. The summed E-state index contributed by atoms with van der Waals surface area (Å²) in [7, 11) is 1.42. The Balaban J connectivity index is 0.00000320. The van der Waals surface area contributed by atoms with Crippen molar-refractivity contribution in [3.8, 4) is 0 Å². The lowest BCUT2D eigenvalue weighted by molar-refractivity contribution is -0.384. The van der Waals surface area contributed by atoms with E-state index in [0.29, 0.717) is 13.1 Å². The Labute approximate surface area is 196 Å². The lowest BCUT2D eigenvalue weighted by atomic mass is 9.97. The van der Waals surface area contributed by atoms with E-state index >= 15 is 0 Å². The molecule has 0 saturated carbocycles. The number of esters is 1. The summed E-state index contributed by atoms with van der Waals surface area (Å²) < 4.78 is 4.86. The van der Waals surface area contributed by atoms with Gasteiger partial charge in [0.1, 0.15) is 0 Å². The van der Waals surface area contributed by atoms with Gasteiger partial charge in [-0.2, -0.15) is 0 Å². The van der Waals surface area contributed by atoms with Crippen molar-refractivity contribution < 1.29 is 14.5 Å². The zero-order valence-corrected chi connectivity index (χ0v) is 19.8. The number of nitrogens with one attached hydrogen (secondary N) is 1. The minimum atomic E-state index is -0.410. The average Bonchev–Trinajstić information content (AvgIpc) is 3.27. The molecule has 0 unspecified atom stereocenters. The van der Waals surface area contributed by atoms with Crippen molar-refractivity contribution in [3.63, 3.8) is 0 Å². The second-order valence-electron chi connectivity index (χ2n) is 6.78. The number of likely N-dealkylation sites (tertiary alicyclic amines) is 1. The number of halogens is 1. The van der Waals surface area contributed by atoms with Gasteiger partial charge < -0.3 is 15.0 Å². The molecular weight excluding hydrogens is 519 g/mol. The summed E-state index contributed by atoms with van der Waals surface area (Å²) in [6.45, 7) is 2.53. The minimum Gasteiger partial charge on any atom is -0.469 e. The van der Waals surface area contributed by atoms with Gasteiger partial charge in [0.05, 0.1) is 31.0 Å². The monoisotopic (exact) mass is 544 g/mol. The van der Waals surface area contributed by atoms with Crippen molar-refractivity contribution in [3.05, 3.63) is 62.3 Å². The summed E-state index contributed by atoms with van der Waals surface area (Å²) >= 11 is 1.68. The number of hydrogen-bond acceptors (Lipinski definition) is 6. The summed E-state index contributed by atoms with van der Waals surface area (Å²) in [6.07, 6.45) is 1.45. The molecule has 2 aromatic rings. The van der Waals surface area contributed by atoms with Crippen LogP contribution in [0, 0.1) is 16.0 Å². The van der Waals surface area contributed by atoms with Crippen LogP contribution in [0.5, 0.6) is 0 Å². The van der Waals surface area contributed by atoms with Crippen LogP contribution in [0.1, 0.15) is 23.3 Å². The number of thiophene rings is 1. The molecule has 30 heavy (non-hydrogen) atoms. The second-order valence-corrected chi connectivity index (χ2v) is 7.81. The Kier molecular flexibility index (Phi) is 9.50. The molecule has 10 heteroatoms. The van der Waals surface area contributed by atoms with Gasteiger partial charge in [0, 0.05) is 30.1 Å². The maximum Gasteiger partial charge on any atom is 0.308 e. The number of carbonyl (C=O) groups is 1. The van der Waals surface area contributed by atoms with Crippen molar-refractivity contribution in [2.75, 3.05) is 20.2 Å². The number of ether oxygens (including phenoxy) is 1. The van der Waals surface area contributed by atoms with Gasteiger partial charge >= 0.3 is 5.97 Å². The van der Waals surface area contributed by atoms with Gasteiger partial charge in [-0.05, 0) is 29.9 Å². The molecule has 0 spiro atoms. The number of non-ortho nitro benzene ring substituents is 1. The molecular formula is C20H25IN4O4S. The van der Waals surface area contributed by atoms with Gasteiger partial charge in [-0.15, -0.1) is 35.3 Å². The predicted molar refractivity (Wildman–Crippen MR) is 127 cm³/mol. The van der Waals surface area contributed by atoms with Gasteiger partial charge in [0.25, 0.3) is 5.69 Å². The lowest BCUT2D eigenvalue weighted by Crippen LogP contribution is -2.46. The number of benzene rings is 1. The van der Waals surface area contributed by atoms with Crippen molar-refractivity contribution in [1.29, 1.82) is 0 Å². The van der Waals surface area contributed by atoms with Gasteiger partial charge in [-0.25, -0.2) is 4.99 Å². The number of guanidine groups is 1. The molecule has 3 rings (SSSR count). The molecule has 8 nitrogen and oxygen atoms in total. The predicted octanol–water partition coefficient (Wildman–Crippen LogP) is 3.81. The first-order chi connectivity index (χ1) is 14.1. The highest BCUT2D eigenvalue weighted by atomic mass is 127. The number of nitro groups is 1. The zero-order valence-electron chi connectivity index (χ0n) is 16.7. The van der Waals surface area contributed by atoms with Crippen LogP contribution in [0.25, 0.3) is 0 Å². The highest BCUT2D eigenvalue weighted by molar-refractivity contribution is 14.0. The van der Waals surface area contributed by atoms with Gasteiger partial charge in [-0.3, -0.25) is 14.9 Å². The van der Waals surface area contributed by atoms with E-state index in [-0.39, 0.29) is 41.6 Å². The van der Waals surface area contributed by atoms with E-state index in [1.807, 2.05) is 11.4 Å². The Bertz CT molecular complexity index is 850. The van der Waals surface area contributed by atoms with Crippen LogP contribution in [0.2, 0.25) is 0 Å². The Morgan fingerprint density at radius 1 is 1.30 bits per heavy atom. The smallest absolute Gasteiger partial charge is 0.308 e. The number of aliphatic imine (C=N–C) groups is 1. The van der Waals surface area contributed by atoms with Gasteiger partial charge in [0.15, 0.2) is 5.96 Å². The summed E-state index contributed by atoms with van der Waals surface area (Å²) in [4.78, 5) is 30.3. The Morgan fingerprint density at radius 2 is 2.00 bits per heavy atom. The summed E-state index contributed by atoms with van der Waals surface area (Å²) in [5.74, 6) is 0.560. The average molecular weight is 544 g/mol. The number of hydrogen-bond donors (Lipinski definition) is 1. The zero-order chi connectivity index (χ0) is 20.6. The molecule has 0 amide bonds. The quantitative estimate of drug-likeness (QED) is 0.148. The summed E-state index contributed by atoms with van der Waals surface area (Å²) in [5.41, 5.74) is 0.967. The SMILES string of the molecule is COC(=O)C1CCN(C(=NCc2ccc([N+](=O)[O-])cc2)NCc2cccs2)CC1.I. The topological polar surface area (TPSA) is 97.1 Å². The van der Waals surface area contributed by atoms with Crippen LogP contribution in [0.4, 0.5) is 5.69 Å². The molecule has 1 fully saturated rings. The molecule has 0 atom stereocenters. The van der Waals surface area contributed by atoms with E-state index in [2.05, 4.69) is 16.3 Å². The van der Waals surface area contributed by atoms with E-state index in [9.17, 15) is 14.9 Å². The van der Waals surface area contributed by atoms with Crippen molar-refractivity contribution in [2.45, 2.75) is 25.9 Å². The first-order valence-electron chi connectivity index (χ1n) is 9.43. The first-order valence-corrected chi connectivity index (χ1v) is 10.3. The normalized spacial score (nSPS) is 14.7. The van der Waals surface area contributed by atoms with Crippen LogP contribution in [-0.4, -0.2) is 42.0 Å². The molecule has 1 saturated heterocycles. The number of rotatable bonds is 6. The third-order valence-corrected chi connectivity index (χ3v) is 5.76. The van der Waals surface area contributed by atoms with Crippen molar-refractivity contribution >= 4 is 52.9 Å². The highest BCUT2D eigenvalue weighted by Gasteiger charge is 2.27. The standard InChI is InChI=1S/C20H24N4O4S.HI/c1-28-19(25)16-8-10-23(11-9-16)20(22-14-18-3-2-12-29-18)21-13-15-4-6-17(7-5-15)24(26)27;/h2-7,12,16H,8-11,13-14H2,1H3,(H,21,22);1H. The highest BCUT2D eigenvalue weighted by Crippen LogP contribution is 2.19. The van der Waals surface area contributed by atoms with Crippen LogP contribution >= 0.6 is 35.3 Å². The summed E-state index contributed by atoms with van der Waals surface area (Å²) in [5, 5.41) is 16.3. The number of nitro benzene ring substituents is 1. The largest absolute Gasteiger partial charge is 0.469 e. The fraction of sp³-hybridized carbons (Fsp3) is 0.400. The molecule has 1 aliphatic rings. The van der Waals surface area contributed by atoms with Crippen LogP contribution in [0.3, 0.4) is 0 Å². The minimum absolute atomic E-state index is 0. The van der Waals surface area contributed by atoms with Crippen molar-refractivity contribution in [1.82, 2.24) is 10.2 Å². The number of nitrogens with zero attached hydrogens (tertiary/aromatic N) is 3. The molecule has 0 radical (unpaired) electrons. The third kappa shape index (κ3) is 6.66. The second kappa shape index (κ2) is 11.8. The Hall–Kier alpha value is -2.21. The summed E-state index contributed by atoms with van der Waals surface area (Å²) in [6, 6.07) is 10.5. The molecule has 162 valence electrons. The molecule has 2 heterocycles. The third-order valence-electron chi connectivity index (χ3n) is 4.89. The van der Waals surface area contributed by atoms with E-state index in [1.165, 1.54) is 24.1 Å². The molecule has 1 aromatic heterocycles. The fourth-order valence-corrected chi connectivity index (χ4v) is 3.87. The van der Waals surface area contributed by atoms with Crippen LogP contribution < -0.4 is 5.32 Å². The Morgan fingerprint density at radius 3 is 2.57 bits per heavy atom. The van der Waals surface area contributed by atoms with E-state index in [4.69, 9.17) is 9.73 Å².